The average Bonchev–Trinajstić information content (AvgIpc) is 3.35. The molecule has 2 aromatic rings. The van der Waals surface area contributed by atoms with Crippen molar-refractivity contribution >= 4 is 15.9 Å². The fourth-order valence-electron chi connectivity index (χ4n) is 4.55. The zero-order valence-electron chi connectivity index (χ0n) is 18.0. The summed E-state index contributed by atoms with van der Waals surface area (Å²) in [5.74, 6) is 0.806. The number of methoxy groups -OCH3 is 1. The largest absolute Gasteiger partial charge is 0.496 e. The molecule has 0 radical (unpaired) electrons. The molecule has 4 rings (SSSR count). The number of hydrogen-bond donors (Lipinski definition) is 0. The van der Waals surface area contributed by atoms with Gasteiger partial charge in [0.05, 0.1) is 17.6 Å². The summed E-state index contributed by atoms with van der Waals surface area (Å²) in [6, 6.07) is 15.1. The van der Waals surface area contributed by atoms with Crippen LogP contribution in [0.3, 0.4) is 0 Å². The standard InChI is InChI=1S/C24H30N2O4S/c1-30-23-10-9-21(31(28,29)26-13-5-6-14-26)18-22(23)24(27)25-15-11-20(12-16-25)17-19-7-3-2-4-8-19/h2-4,7-10,18,20H,5-6,11-17H2,1H3. The first-order valence-electron chi connectivity index (χ1n) is 11.0. The fraction of sp³-hybridized carbons (Fsp3) is 0.458. The summed E-state index contributed by atoms with van der Waals surface area (Å²) in [5, 5.41) is 0. The Balaban J connectivity index is 1.48. The number of likely N-dealkylation sites (tertiary alicyclic amines) is 1. The summed E-state index contributed by atoms with van der Waals surface area (Å²) in [6.45, 7) is 2.41. The van der Waals surface area contributed by atoms with Gasteiger partial charge in [-0.05, 0) is 61.8 Å². The second-order valence-electron chi connectivity index (χ2n) is 8.40. The predicted molar refractivity (Wildman–Crippen MR) is 120 cm³/mol. The molecule has 0 atom stereocenters. The van der Waals surface area contributed by atoms with Crippen molar-refractivity contribution in [2.75, 3.05) is 33.3 Å². The van der Waals surface area contributed by atoms with E-state index >= 15 is 0 Å². The van der Waals surface area contributed by atoms with E-state index in [0.717, 1.165) is 32.1 Å². The molecular formula is C24H30N2O4S. The molecule has 6 nitrogen and oxygen atoms in total. The molecule has 31 heavy (non-hydrogen) atoms. The van der Waals surface area contributed by atoms with Crippen LogP contribution in [0.15, 0.2) is 53.4 Å². The van der Waals surface area contributed by atoms with Gasteiger partial charge in [0.15, 0.2) is 0 Å². The molecule has 2 heterocycles. The fourth-order valence-corrected chi connectivity index (χ4v) is 6.09. The quantitative estimate of drug-likeness (QED) is 0.686. The van der Waals surface area contributed by atoms with Crippen LogP contribution in [-0.2, 0) is 16.4 Å². The first-order chi connectivity index (χ1) is 15.0. The Morgan fingerprint density at radius 1 is 1.00 bits per heavy atom. The van der Waals surface area contributed by atoms with Crippen LogP contribution in [0.25, 0.3) is 0 Å². The molecule has 0 unspecified atom stereocenters. The Labute approximate surface area is 184 Å². The summed E-state index contributed by atoms with van der Waals surface area (Å²) in [4.78, 5) is 15.3. The van der Waals surface area contributed by atoms with Crippen LogP contribution in [0.2, 0.25) is 0 Å². The Morgan fingerprint density at radius 2 is 1.68 bits per heavy atom. The van der Waals surface area contributed by atoms with Crippen molar-refractivity contribution in [2.24, 2.45) is 5.92 Å². The van der Waals surface area contributed by atoms with Crippen LogP contribution < -0.4 is 4.74 Å². The molecule has 0 aliphatic carbocycles. The normalized spacial score (nSPS) is 18.3. The van der Waals surface area contributed by atoms with E-state index in [2.05, 4.69) is 24.3 Å². The van der Waals surface area contributed by atoms with E-state index in [1.165, 1.54) is 29.1 Å². The second kappa shape index (κ2) is 9.40. The number of benzene rings is 2. The minimum atomic E-state index is -3.59. The van der Waals surface area contributed by atoms with Gasteiger partial charge in [0.2, 0.25) is 10.0 Å². The summed E-state index contributed by atoms with van der Waals surface area (Å²) in [6.07, 6.45) is 4.65. The van der Waals surface area contributed by atoms with Gasteiger partial charge in [0.1, 0.15) is 5.75 Å². The van der Waals surface area contributed by atoms with E-state index in [4.69, 9.17) is 4.74 Å². The molecule has 0 saturated carbocycles. The third kappa shape index (κ3) is 4.77. The van der Waals surface area contributed by atoms with Crippen molar-refractivity contribution in [2.45, 2.75) is 37.0 Å². The highest BCUT2D eigenvalue weighted by Crippen LogP contribution is 2.29. The van der Waals surface area contributed by atoms with E-state index in [1.54, 1.807) is 6.07 Å². The molecule has 2 saturated heterocycles. The number of carbonyl (C=O) groups is 1. The second-order valence-corrected chi connectivity index (χ2v) is 10.3. The highest BCUT2D eigenvalue weighted by Gasteiger charge is 2.30. The SMILES string of the molecule is COc1ccc(S(=O)(=O)N2CCCC2)cc1C(=O)N1CCC(Cc2ccccc2)CC1. The molecule has 7 heteroatoms. The Hall–Kier alpha value is -2.38. The van der Waals surface area contributed by atoms with E-state index in [9.17, 15) is 13.2 Å². The summed E-state index contributed by atoms with van der Waals surface area (Å²) in [5.41, 5.74) is 1.65. The number of hydrogen-bond acceptors (Lipinski definition) is 4. The first kappa shape index (κ1) is 21.8. The Bertz CT molecular complexity index is 1010. The molecule has 2 fully saturated rings. The van der Waals surface area contributed by atoms with Gasteiger partial charge < -0.3 is 9.64 Å². The maximum absolute atomic E-state index is 13.3. The third-order valence-electron chi connectivity index (χ3n) is 6.37. The van der Waals surface area contributed by atoms with Gasteiger partial charge in [0.25, 0.3) is 5.91 Å². The molecule has 0 aromatic heterocycles. The van der Waals surface area contributed by atoms with Crippen LogP contribution in [0.4, 0.5) is 0 Å². The molecule has 166 valence electrons. The lowest BCUT2D eigenvalue weighted by molar-refractivity contribution is 0.0687. The molecule has 0 bridgehead atoms. The molecule has 0 spiro atoms. The molecular weight excluding hydrogens is 412 g/mol. The average molecular weight is 443 g/mol. The summed E-state index contributed by atoms with van der Waals surface area (Å²) in [7, 11) is -2.08. The number of rotatable bonds is 6. The lowest BCUT2D eigenvalue weighted by Crippen LogP contribution is -2.39. The van der Waals surface area contributed by atoms with E-state index < -0.39 is 10.0 Å². The van der Waals surface area contributed by atoms with Gasteiger partial charge in [-0.1, -0.05) is 30.3 Å². The smallest absolute Gasteiger partial charge is 0.257 e. The van der Waals surface area contributed by atoms with Crippen molar-refractivity contribution < 1.29 is 17.9 Å². The number of nitrogens with zero attached hydrogens (tertiary/aromatic N) is 2. The molecule has 2 aliphatic heterocycles. The molecule has 2 aromatic carbocycles. The number of piperidine rings is 1. The van der Waals surface area contributed by atoms with Crippen LogP contribution in [-0.4, -0.2) is 56.8 Å². The lowest BCUT2D eigenvalue weighted by atomic mass is 9.90. The van der Waals surface area contributed by atoms with Gasteiger partial charge in [-0.3, -0.25) is 4.79 Å². The predicted octanol–water partition coefficient (Wildman–Crippen LogP) is 3.57. The lowest BCUT2D eigenvalue weighted by Gasteiger charge is -2.32. The first-order valence-corrected chi connectivity index (χ1v) is 12.4. The minimum Gasteiger partial charge on any atom is -0.496 e. The van der Waals surface area contributed by atoms with Gasteiger partial charge >= 0.3 is 0 Å². The topological polar surface area (TPSA) is 66.9 Å². The highest BCUT2D eigenvalue weighted by molar-refractivity contribution is 7.89. The third-order valence-corrected chi connectivity index (χ3v) is 8.27. The molecule has 0 N–H and O–H groups in total. The highest BCUT2D eigenvalue weighted by atomic mass is 32.2. The van der Waals surface area contributed by atoms with Crippen molar-refractivity contribution in [3.63, 3.8) is 0 Å². The van der Waals surface area contributed by atoms with Gasteiger partial charge in [-0.15, -0.1) is 0 Å². The van der Waals surface area contributed by atoms with Crippen molar-refractivity contribution in [1.29, 1.82) is 0 Å². The molecule has 1 amide bonds. The number of sulfonamides is 1. The van der Waals surface area contributed by atoms with Gasteiger partial charge in [0, 0.05) is 26.2 Å². The Morgan fingerprint density at radius 3 is 2.32 bits per heavy atom. The minimum absolute atomic E-state index is 0.159. The Kier molecular flexibility index (Phi) is 6.62. The summed E-state index contributed by atoms with van der Waals surface area (Å²) >= 11 is 0. The van der Waals surface area contributed by atoms with Crippen molar-refractivity contribution in [1.82, 2.24) is 9.21 Å². The zero-order chi connectivity index (χ0) is 21.8. The van der Waals surface area contributed by atoms with E-state index in [0.29, 0.717) is 43.4 Å². The summed E-state index contributed by atoms with van der Waals surface area (Å²) < 4.78 is 32.8. The van der Waals surface area contributed by atoms with Crippen LogP contribution >= 0.6 is 0 Å². The van der Waals surface area contributed by atoms with E-state index in [1.807, 2.05) is 11.0 Å². The van der Waals surface area contributed by atoms with Crippen LogP contribution in [0.1, 0.15) is 41.6 Å². The van der Waals surface area contributed by atoms with Gasteiger partial charge in [-0.2, -0.15) is 4.31 Å². The van der Waals surface area contributed by atoms with Crippen LogP contribution in [0.5, 0.6) is 5.75 Å². The zero-order valence-corrected chi connectivity index (χ0v) is 18.8. The maximum atomic E-state index is 13.3. The number of amides is 1. The van der Waals surface area contributed by atoms with Crippen molar-refractivity contribution in [3.05, 3.63) is 59.7 Å². The van der Waals surface area contributed by atoms with E-state index in [-0.39, 0.29) is 10.8 Å². The molecule has 2 aliphatic rings. The monoisotopic (exact) mass is 442 g/mol. The van der Waals surface area contributed by atoms with Crippen LogP contribution in [0, 0.1) is 5.92 Å². The van der Waals surface area contributed by atoms with Crippen molar-refractivity contribution in [3.8, 4) is 5.75 Å². The maximum Gasteiger partial charge on any atom is 0.257 e. The number of carbonyl (C=O) groups excluding carboxylic acids is 1. The number of ether oxygens (including phenoxy) is 1. The van der Waals surface area contributed by atoms with Gasteiger partial charge in [-0.25, -0.2) is 8.42 Å².